The Bertz CT molecular complexity index is 752. The Hall–Kier alpha value is -1.93. The third-order valence-corrected chi connectivity index (χ3v) is 4.49. The third-order valence-electron chi connectivity index (χ3n) is 2.74. The number of anilines is 1. The van der Waals surface area contributed by atoms with E-state index in [9.17, 15) is 4.39 Å². The van der Waals surface area contributed by atoms with Crippen LogP contribution in [-0.4, -0.2) is 14.5 Å². The molecule has 0 aliphatic carbocycles. The topological polar surface area (TPSA) is 77.8 Å². The summed E-state index contributed by atoms with van der Waals surface area (Å²) in [5, 5.41) is 4.47. The molecule has 0 saturated heterocycles. The van der Waals surface area contributed by atoms with Gasteiger partial charge in [-0.05, 0) is 36.7 Å². The van der Waals surface area contributed by atoms with Crippen molar-refractivity contribution in [2.24, 2.45) is 0 Å². The van der Waals surface area contributed by atoms with Crippen LogP contribution >= 0.6 is 23.3 Å². The SMILES string of the molecule is Cc1nsc(N)c1-c1nc(CSc2cccc(F)c2)no1. The van der Waals surface area contributed by atoms with E-state index in [4.69, 9.17) is 10.3 Å². The summed E-state index contributed by atoms with van der Waals surface area (Å²) in [5.41, 5.74) is 7.30. The number of thioether (sulfide) groups is 1. The fourth-order valence-electron chi connectivity index (χ4n) is 1.77. The van der Waals surface area contributed by atoms with Gasteiger partial charge in [0.2, 0.25) is 0 Å². The van der Waals surface area contributed by atoms with Gasteiger partial charge in [-0.25, -0.2) is 4.39 Å². The van der Waals surface area contributed by atoms with Gasteiger partial charge >= 0.3 is 0 Å². The lowest BCUT2D eigenvalue weighted by molar-refractivity contribution is 0.425. The van der Waals surface area contributed by atoms with E-state index < -0.39 is 0 Å². The molecule has 2 aromatic heterocycles. The van der Waals surface area contributed by atoms with Gasteiger partial charge in [0.25, 0.3) is 5.89 Å². The van der Waals surface area contributed by atoms with Crippen molar-refractivity contribution in [3.63, 3.8) is 0 Å². The quantitative estimate of drug-likeness (QED) is 0.741. The molecular formula is C13H11FN4OS2. The summed E-state index contributed by atoms with van der Waals surface area (Å²) in [5.74, 6) is 1.13. The second-order valence-corrected chi connectivity index (χ2v) is 6.12. The van der Waals surface area contributed by atoms with E-state index in [1.54, 1.807) is 6.07 Å². The highest BCUT2D eigenvalue weighted by Gasteiger charge is 2.17. The minimum Gasteiger partial charge on any atom is -0.389 e. The zero-order valence-electron chi connectivity index (χ0n) is 11.0. The molecule has 1 aromatic carbocycles. The molecule has 0 unspecified atom stereocenters. The molecule has 0 atom stereocenters. The van der Waals surface area contributed by atoms with Crippen LogP contribution in [0.4, 0.5) is 9.39 Å². The standard InChI is InChI=1S/C13H11FN4OS2/c1-7-11(12(15)21-18-7)13-16-10(17-19-13)6-20-9-4-2-3-8(14)5-9/h2-5H,6,15H2,1H3. The molecule has 2 N–H and O–H groups in total. The van der Waals surface area contributed by atoms with Crippen LogP contribution in [0.5, 0.6) is 0 Å². The second-order valence-electron chi connectivity index (χ2n) is 4.27. The molecule has 108 valence electrons. The van der Waals surface area contributed by atoms with E-state index in [0.29, 0.717) is 28.0 Å². The normalized spacial score (nSPS) is 11.0. The van der Waals surface area contributed by atoms with E-state index in [-0.39, 0.29) is 5.82 Å². The highest BCUT2D eigenvalue weighted by atomic mass is 32.2. The number of rotatable bonds is 4. The molecule has 3 rings (SSSR count). The lowest BCUT2D eigenvalue weighted by Gasteiger charge is -1.97. The first kappa shape index (κ1) is 14.0. The van der Waals surface area contributed by atoms with Crippen molar-refractivity contribution in [2.75, 3.05) is 5.73 Å². The minimum atomic E-state index is -0.262. The third kappa shape index (κ3) is 3.06. The largest absolute Gasteiger partial charge is 0.389 e. The molecule has 5 nitrogen and oxygen atoms in total. The van der Waals surface area contributed by atoms with E-state index >= 15 is 0 Å². The molecule has 0 fully saturated rings. The average Bonchev–Trinajstić information content (AvgIpc) is 3.04. The Balaban J connectivity index is 1.74. The van der Waals surface area contributed by atoms with E-state index in [2.05, 4.69) is 14.5 Å². The Labute approximate surface area is 128 Å². The van der Waals surface area contributed by atoms with Gasteiger partial charge in [0, 0.05) is 4.90 Å². The van der Waals surface area contributed by atoms with Gasteiger partial charge in [0.1, 0.15) is 10.8 Å². The summed E-state index contributed by atoms with van der Waals surface area (Å²) in [6.07, 6.45) is 0. The molecule has 0 spiro atoms. The minimum absolute atomic E-state index is 0.262. The smallest absolute Gasteiger partial charge is 0.262 e. The lowest BCUT2D eigenvalue weighted by Crippen LogP contribution is -1.88. The molecule has 0 saturated carbocycles. The number of nitrogens with zero attached hydrogens (tertiary/aromatic N) is 3. The van der Waals surface area contributed by atoms with E-state index in [1.807, 2.05) is 13.0 Å². The van der Waals surface area contributed by atoms with Crippen LogP contribution in [0.15, 0.2) is 33.7 Å². The van der Waals surface area contributed by atoms with Gasteiger partial charge in [0.15, 0.2) is 5.82 Å². The van der Waals surface area contributed by atoms with Crippen LogP contribution in [0.25, 0.3) is 11.5 Å². The van der Waals surface area contributed by atoms with Crippen molar-refractivity contribution in [3.8, 4) is 11.5 Å². The number of aromatic nitrogens is 3. The lowest BCUT2D eigenvalue weighted by atomic mass is 10.2. The zero-order valence-corrected chi connectivity index (χ0v) is 12.7. The number of nitrogen functional groups attached to an aromatic ring is 1. The van der Waals surface area contributed by atoms with Crippen molar-refractivity contribution >= 4 is 28.3 Å². The molecule has 0 radical (unpaired) electrons. The molecule has 8 heteroatoms. The van der Waals surface area contributed by atoms with Crippen LogP contribution in [0.3, 0.4) is 0 Å². The fraction of sp³-hybridized carbons (Fsp3) is 0.154. The van der Waals surface area contributed by atoms with Gasteiger partial charge < -0.3 is 10.3 Å². The Morgan fingerprint density at radius 2 is 2.29 bits per heavy atom. The van der Waals surface area contributed by atoms with Crippen LogP contribution in [0.1, 0.15) is 11.5 Å². The summed E-state index contributed by atoms with van der Waals surface area (Å²) in [6, 6.07) is 6.38. The van der Waals surface area contributed by atoms with Crippen LogP contribution < -0.4 is 5.73 Å². The van der Waals surface area contributed by atoms with Crippen LogP contribution in [0.2, 0.25) is 0 Å². The van der Waals surface area contributed by atoms with Gasteiger partial charge in [0.05, 0.1) is 17.0 Å². The van der Waals surface area contributed by atoms with Crippen molar-refractivity contribution in [1.82, 2.24) is 14.5 Å². The highest BCUT2D eigenvalue weighted by Crippen LogP contribution is 2.31. The number of hydrogen-bond acceptors (Lipinski definition) is 7. The molecule has 3 aromatic rings. The van der Waals surface area contributed by atoms with Crippen molar-refractivity contribution in [3.05, 3.63) is 41.6 Å². The molecule has 0 amide bonds. The Morgan fingerprint density at radius 3 is 3.00 bits per heavy atom. The Kier molecular flexibility index (Phi) is 3.89. The van der Waals surface area contributed by atoms with E-state index in [0.717, 1.165) is 10.6 Å². The van der Waals surface area contributed by atoms with Gasteiger partial charge in [-0.3, -0.25) is 0 Å². The van der Waals surface area contributed by atoms with Gasteiger partial charge in [-0.1, -0.05) is 11.2 Å². The molecule has 2 heterocycles. The average molecular weight is 322 g/mol. The molecule has 0 aliphatic rings. The van der Waals surface area contributed by atoms with Crippen molar-refractivity contribution in [1.29, 1.82) is 0 Å². The number of halogens is 1. The first-order valence-corrected chi connectivity index (χ1v) is 7.82. The van der Waals surface area contributed by atoms with Crippen molar-refractivity contribution in [2.45, 2.75) is 17.6 Å². The number of aryl methyl sites for hydroxylation is 1. The number of benzene rings is 1. The summed E-state index contributed by atoms with van der Waals surface area (Å²) in [4.78, 5) is 5.12. The molecule has 0 bridgehead atoms. The maximum atomic E-state index is 13.1. The zero-order chi connectivity index (χ0) is 14.8. The maximum absolute atomic E-state index is 13.1. The molecule has 0 aliphatic heterocycles. The monoisotopic (exact) mass is 322 g/mol. The summed E-state index contributed by atoms with van der Waals surface area (Å²) >= 11 is 2.64. The highest BCUT2D eigenvalue weighted by molar-refractivity contribution is 7.98. The van der Waals surface area contributed by atoms with Crippen molar-refractivity contribution < 1.29 is 8.91 Å². The molecular weight excluding hydrogens is 311 g/mol. The predicted molar refractivity (Wildman–Crippen MR) is 80.5 cm³/mol. The number of nitrogens with two attached hydrogens (primary N) is 1. The van der Waals surface area contributed by atoms with Gasteiger partial charge in [-0.15, -0.1) is 11.8 Å². The van der Waals surface area contributed by atoms with Crippen LogP contribution in [0, 0.1) is 12.7 Å². The van der Waals surface area contributed by atoms with E-state index in [1.165, 1.54) is 35.4 Å². The maximum Gasteiger partial charge on any atom is 0.262 e. The second kappa shape index (κ2) is 5.82. The Morgan fingerprint density at radius 1 is 1.43 bits per heavy atom. The number of hydrogen-bond donors (Lipinski definition) is 1. The summed E-state index contributed by atoms with van der Waals surface area (Å²) < 4.78 is 22.5. The first-order chi connectivity index (χ1) is 10.1. The summed E-state index contributed by atoms with van der Waals surface area (Å²) in [7, 11) is 0. The van der Waals surface area contributed by atoms with Crippen LogP contribution in [-0.2, 0) is 5.75 Å². The first-order valence-electron chi connectivity index (χ1n) is 6.06. The summed E-state index contributed by atoms with van der Waals surface area (Å²) in [6.45, 7) is 1.84. The fourth-order valence-corrected chi connectivity index (χ4v) is 3.20. The van der Waals surface area contributed by atoms with Gasteiger partial charge in [-0.2, -0.15) is 9.36 Å². The molecule has 21 heavy (non-hydrogen) atoms. The predicted octanol–water partition coefficient (Wildman–Crippen LogP) is 3.52.